The first kappa shape index (κ1) is 22.7. The van der Waals surface area contributed by atoms with Crippen LogP contribution in [-0.4, -0.2) is 12.9 Å². The van der Waals surface area contributed by atoms with Crippen LogP contribution in [-0.2, 0) is 19.4 Å². The molecule has 4 rings (SSSR count). The fourth-order valence-corrected chi connectivity index (χ4v) is 4.66. The van der Waals surface area contributed by atoms with E-state index in [4.69, 9.17) is 4.74 Å². The number of pyridine rings is 1. The zero-order valence-electron chi connectivity index (χ0n) is 17.2. The first-order valence-corrected chi connectivity index (χ1v) is 10.8. The van der Waals surface area contributed by atoms with Crippen LogP contribution in [0.3, 0.4) is 0 Å². The number of nitrogens with zero attached hydrogens (tertiary/aromatic N) is 1. The van der Waals surface area contributed by atoms with E-state index in [0.717, 1.165) is 47.2 Å². The first-order chi connectivity index (χ1) is 14.0. The number of carbonyl (C=O) groups is 1. The Morgan fingerprint density at radius 3 is 2.73 bits per heavy atom. The molecule has 0 amide bonds. The summed E-state index contributed by atoms with van der Waals surface area (Å²) in [6.07, 6.45) is 6.78. The fraction of sp³-hybridized carbons (Fsp3) is 0.280. The van der Waals surface area contributed by atoms with Crippen LogP contribution in [0.5, 0.6) is 5.75 Å². The van der Waals surface area contributed by atoms with Crippen molar-refractivity contribution in [1.29, 1.82) is 0 Å². The van der Waals surface area contributed by atoms with Gasteiger partial charge in [0.15, 0.2) is 24.7 Å². The molecule has 0 N–H and O–H groups in total. The molecule has 1 aromatic heterocycles. The van der Waals surface area contributed by atoms with Gasteiger partial charge in [-0.3, -0.25) is 4.79 Å². The van der Waals surface area contributed by atoms with Gasteiger partial charge < -0.3 is 21.7 Å². The molecule has 1 aliphatic rings. The molecule has 1 heterocycles. The minimum Gasteiger partial charge on any atom is -1.00 e. The maximum absolute atomic E-state index is 13.0. The zero-order chi connectivity index (χ0) is 20.4. The molecule has 0 saturated carbocycles. The highest BCUT2D eigenvalue weighted by molar-refractivity contribution is 9.10. The van der Waals surface area contributed by atoms with Crippen LogP contribution in [0, 0.1) is 12.8 Å². The Labute approximate surface area is 197 Å². The van der Waals surface area contributed by atoms with E-state index < -0.39 is 0 Å². The molecule has 0 saturated heterocycles. The average molecular weight is 531 g/mol. The van der Waals surface area contributed by atoms with Gasteiger partial charge in [-0.05, 0) is 77.5 Å². The molecule has 0 bridgehead atoms. The largest absolute Gasteiger partial charge is 1.00 e. The Morgan fingerprint density at radius 1 is 1.17 bits per heavy atom. The van der Waals surface area contributed by atoms with Gasteiger partial charge in [0.1, 0.15) is 5.75 Å². The average Bonchev–Trinajstić information content (AvgIpc) is 2.71. The van der Waals surface area contributed by atoms with E-state index in [1.165, 1.54) is 16.7 Å². The summed E-state index contributed by atoms with van der Waals surface area (Å²) >= 11 is 3.72. The molecule has 5 heteroatoms. The number of Topliss-reactive ketones (excluding diaryl/α,β-unsaturated/α-hetero) is 1. The van der Waals surface area contributed by atoms with Crippen LogP contribution >= 0.6 is 15.9 Å². The van der Waals surface area contributed by atoms with Crippen LogP contribution < -0.4 is 26.3 Å². The van der Waals surface area contributed by atoms with Crippen molar-refractivity contribution in [3.8, 4) is 5.75 Å². The minimum atomic E-state index is 0. The molecule has 30 heavy (non-hydrogen) atoms. The lowest BCUT2D eigenvalue weighted by atomic mass is 9.80. The SMILES string of the molecule is COc1ccc2c(c1)CCC(Cc1cc[n+](Cc3cccc(C)c3)cc1Br)C2=O.[Br-]. The third kappa shape index (κ3) is 5.01. The summed E-state index contributed by atoms with van der Waals surface area (Å²) in [4.78, 5) is 13.0. The van der Waals surface area contributed by atoms with E-state index in [2.05, 4.69) is 70.1 Å². The summed E-state index contributed by atoms with van der Waals surface area (Å²) < 4.78 is 8.52. The Kier molecular flexibility index (Phi) is 7.48. The van der Waals surface area contributed by atoms with Gasteiger partial charge in [0, 0.05) is 23.1 Å². The summed E-state index contributed by atoms with van der Waals surface area (Å²) in [5.41, 5.74) is 5.69. The van der Waals surface area contributed by atoms with Crippen molar-refractivity contribution < 1.29 is 31.1 Å². The van der Waals surface area contributed by atoms with Crippen LogP contribution in [0.2, 0.25) is 0 Å². The highest BCUT2D eigenvalue weighted by atomic mass is 79.9. The van der Waals surface area contributed by atoms with Gasteiger partial charge in [-0.15, -0.1) is 0 Å². The number of halogens is 2. The predicted molar refractivity (Wildman–Crippen MR) is 117 cm³/mol. The van der Waals surface area contributed by atoms with Crippen LogP contribution in [0.4, 0.5) is 0 Å². The van der Waals surface area contributed by atoms with E-state index in [1.54, 1.807) is 7.11 Å². The van der Waals surface area contributed by atoms with Crippen molar-refractivity contribution in [2.75, 3.05) is 7.11 Å². The molecule has 0 aliphatic heterocycles. The van der Waals surface area contributed by atoms with Crippen LogP contribution in [0.15, 0.2) is 65.4 Å². The summed E-state index contributed by atoms with van der Waals surface area (Å²) in [7, 11) is 1.66. The van der Waals surface area contributed by atoms with Gasteiger partial charge >= 0.3 is 0 Å². The third-order valence-corrected chi connectivity index (χ3v) is 6.39. The number of hydrogen-bond acceptors (Lipinski definition) is 2. The van der Waals surface area contributed by atoms with E-state index in [0.29, 0.717) is 0 Å². The van der Waals surface area contributed by atoms with Crippen molar-refractivity contribution in [1.82, 2.24) is 0 Å². The summed E-state index contributed by atoms with van der Waals surface area (Å²) in [5, 5.41) is 0. The summed E-state index contributed by atoms with van der Waals surface area (Å²) in [5.74, 6) is 1.09. The highest BCUT2D eigenvalue weighted by Crippen LogP contribution is 2.31. The number of benzene rings is 2. The van der Waals surface area contributed by atoms with Gasteiger partial charge in [-0.25, -0.2) is 0 Å². The van der Waals surface area contributed by atoms with Gasteiger partial charge in [0.25, 0.3) is 0 Å². The number of ketones is 1. The minimum absolute atomic E-state index is 0. The molecule has 1 aliphatic carbocycles. The van der Waals surface area contributed by atoms with Gasteiger partial charge in [-0.2, -0.15) is 4.57 Å². The molecule has 0 radical (unpaired) electrons. The maximum Gasteiger partial charge on any atom is 0.183 e. The third-order valence-electron chi connectivity index (χ3n) is 5.68. The van der Waals surface area contributed by atoms with Crippen LogP contribution in [0.25, 0.3) is 0 Å². The lowest BCUT2D eigenvalue weighted by molar-refractivity contribution is -0.689. The number of hydrogen-bond donors (Lipinski definition) is 0. The molecule has 2 aromatic carbocycles. The Bertz CT molecular complexity index is 1060. The lowest BCUT2D eigenvalue weighted by Gasteiger charge is -2.24. The number of carbonyl (C=O) groups excluding carboxylic acids is 1. The molecule has 3 nitrogen and oxygen atoms in total. The quantitative estimate of drug-likeness (QED) is 0.473. The molecule has 3 aromatic rings. The first-order valence-electron chi connectivity index (χ1n) is 9.97. The lowest BCUT2D eigenvalue weighted by Crippen LogP contribution is -3.00. The Morgan fingerprint density at radius 2 is 2.00 bits per heavy atom. The highest BCUT2D eigenvalue weighted by Gasteiger charge is 2.28. The van der Waals surface area contributed by atoms with E-state index >= 15 is 0 Å². The van der Waals surface area contributed by atoms with E-state index in [1.807, 2.05) is 18.2 Å². The summed E-state index contributed by atoms with van der Waals surface area (Å²) in [6.45, 7) is 2.95. The van der Waals surface area contributed by atoms with Crippen molar-refractivity contribution in [2.24, 2.45) is 5.92 Å². The smallest absolute Gasteiger partial charge is 0.183 e. The second kappa shape index (κ2) is 9.88. The number of rotatable bonds is 5. The number of ether oxygens (including phenoxy) is 1. The molecule has 1 atom stereocenters. The van der Waals surface area contributed by atoms with Crippen molar-refractivity contribution in [3.63, 3.8) is 0 Å². The molecule has 156 valence electrons. The van der Waals surface area contributed by atoms with Crippen molar-refractivity contribution >= 4 is 21.7 Å². The summed E-state index contributed by atoms with van der Waals surface area (Å²) in [6, 6.07) is 16.5. The molecule has 0 fully saturated rings. The molecule has 0 spiro atoms. The second-order valence-corrected chi connectivity index (χ2v) is 8.66. The maximum atomic E-state index is 13.0. The number of methoxy groups -OCH3 is 1. The molecular weight excluding hydrogens is 506 g/mol. The van der Waals surface area contributed by atoms with Gasteiger partial charge in [-0.1, -0.05) is 23.8 Å². The number of aryl methyl sites for hydroxylation is 2. The normalized spacial score (nSPS) is 15.3. The molecular formula is C25H25Br2NO2. The Balaban J connectivity index is 0.00000256. The molecule has 1 unspecified atom stereocenters. The van der Waals surface area contributed by atoms with Crippen molar-refractivity contribution in [2.45, 2.75) is 32.7 Å². The van der Waals surface area contributed by atoms with E-state index in [9.17, 15) is 4.79 Å². The second-order valence-electron chi connectivity index (χ2n) is 7.81. The number of fused-ring (bicyclic) bond motifs is 1. The van der Waals surface area contributed by atoms with Crippen molar-refractivity contribution in [3.05, 3.63) is 93.2 Å². The van der Waals surface area contributed by atoms with Gasteiger partial charge in [0.2, 0.25) is 0 Å². The predicted octanol–water partition coefficient (Wildman–Crippen LogP) is 2.09. The topological polar surface area (TPSA) is 30.2 Å². The monoisotopic (exact) mass is 529 g/mol. The fourth-order valence-electron chi connectivity index (χ4n) is 4.11. The standard InChI is InChI=1S/C25H25BrNO2.BrH/c1-17-4-3-5-18(12-17)15-27-11-10-20(24(26)16-27)13-21-7-6-19-14-22(29-2)8-9-23(19)25(21)28;/h3-5,8-12,14,16,21H,6-7,13,15H2,1-2H3;1H/q+1;/p-1. The Hall–Kier alpha value is -1.98. The van der Waals surface area contributed by atoms with Gasteiger partial charge in [0.05, 0.1) is 11.6 Å². The van der Waals surface area contributed by atoms with Crippen LogP contribution in [0.1, 0.15) is 39.0 Å². The zero-order valence-corrected chi connectivity index (χ0v) is 20.4. The number of aromatic nitrogens is 1. The van der Waals surface area contributed by atoms with E-state index in [-0.39, 0.29) is 28.7 Å².